The summed E-state index contributed by atoms with van der Waals surface area (Å²) in [6.45, 7) is 10.3. The number of rotatable bonds is 20. The lowest BCUT2D eigenvalue weighted by molar-refractivity contribution is -0.138. The van der Waals surface area contributed by atoms with Crippen LogP contribution in [-0.2, 0) is 28.7 Å². The van der Waals surface area contributed by atoms with Gasteiger partial charge in [-0.2, -0.15) is 0 Å². The molecule has 0 unspecified atom stereocenters. The van der Waals surface area contributed by atoms with E-state index in [9.17, 15) is 19.2 Å². The molecule has 12 nitrogen and oxygen atoms in total. The minimum atomic E-state index is -0.707. The smallest absolute Gasteiger partial charge is 0.349 e. The summed E-state index contributed by atoms with van der Waals surface area (Å²) in [6.07, 6.45) is 4.03. The third-order valence-corrected chi connectivity index (χ3v) is 6.10. The molecule has 0 radical (unpaired) electrons. The van der Waals surface area contributed by atoms with Crippen molar-refractivity contribution in [3.8, 4) is 45.6 Å². The van der Waals surface area contributed by atoms with Crippen LogP contribution in [-0.4, -0.2) is 64.0 Å². The van der Waals surface area contributed by atoms with E-state index >= 15 is 0 Å². The fraction of sp³-hybridized carbons (Fsp3) is 0.222. The first-order chi connectivity index (χ1) is 23.2. The molecular weight excluding hydrogens is 624 g/mol. The van der Waals surface area contributed by atoms with E-state index < -0.39 is 30.5 Å². The zero-order chi connectivity index (χ0) is 34.7. The van der Waals surface area contributed by atoms with Gasteiger partial charge in [-0.3, -0.25) is 0 Å². The predicted octanol–water partition coefficient (Wildman–Crippen LogP) is 5.43. The summed E-state index contributed by atoms with van der Waals surface area (Å²) in [7, 11) is 1.47. The third kappa shape index (κ3) is 12.4. The van der Waals surface area contributed by atoms with Gasteiger partial charge in [0.15, 0.2) is 18.1 Å². The van der Waals surface area contributed by atoms with Crippen molar-refractivity contribution in [3.05, 3.63) is 98.6 Å². The zero-order valence-electron chi connectivity index (χ0n) is 26.5. The molecule has 0 N–H and O–H groups in total. The lowest BCUT2D eigenvalue weighted by Gasteiger charge is -2.14. The third-order valence-electron chi connectivity index (χ3n) is 6.10. The standard InChI is InChI=1S/C36H36O12/c1-5-33(37)44-18-8-16-42-28-21-29(43-17-9-19-45-34(38)6-2)23-30(22-28)48-36(40)24-46-31-15-12-26(20-32(31)41-4)25-10-13-27(14-11-25)47-35(39)7-3/h5-7,10-15,20-23H,1-3,8-9,16-19,24H2,4H3. The van der Waals surface area contributed by atoms with Crippen LogP contribution < -0.4 is 28.4 Å². The molecular formula is C36H36O12. The van der Waals surface area contributed by atoms with Crippen LogP contribution in [0.15, 0.2) is 98.6 Å². The molecule has 0 aliphatic rings. The summed E-state index contributed by atoms with van der Waals surface area (Å²) in [5.41, 5.74) is 1.62. The monoisotopic (exact) mass is 660 g/mol. The molecule has 0 atom stereocenters. The topological polar surface area (TPSA) is 142 Å². The molecule has 0 saturated carbocycles. The summed E-state index contributed by atoms with van der Waals surface area (Å²) < 4.78 is 43.2. The number of carbonyl (C=O) groups excluding carboxylic acids is 4. The van der Waals surface area contributed by atoms with Gasteiger partial charge in [0.2, 0.25) is 0 Å². The van der Waals surface area contributed by atoms with Crippen molar-refractivity contribution in [2.24, 2.45) is 0 Å². The highest BCUT2D eigenvalue weighted by molar-refractivity contribution is 5.83. The first-order valence-corrected chi connectivity index (χ1v) is 14.7. The quantitative estimate of drug-likeness (QED) is 0.0660. The molecule has 0 spiro atoms. The number of benzene rings is 3. The van der Waals surface area contributed by atoms with Gasteiger partial charge in [0, 0.05) is 49.3 Å². The maximum atomic E-state index is 12.8. The maximum Gasteiger partial charge on any atom is 0.349 e. The lowest BCUT2D eigenvalue weighted by atomic mass is 10.1. The molecule has 3 rings (SSSR count). The molecule has 0 heterocycles. The van der Waals surface area contributed by atoms with Gasteiger partial charge >= 0.3 is 23.9 Å². The van der Waals surface area contributed by atoms with Crippen LogP contribution >= 0.6 is 0 Å². The van der Waals surface area contributed by atoms with Crippen LogP contribution in [0.1, 0.15) is 12.8 Å². The average molecular weight is 661 g/mol. The van der Waals surface area contributed by atoms with Crippen molar-refractivity contribution in [3.63, 3.8) is 0 Å². The Labute approximate surface area is 278 Å². The molecule has 0 saturated heterocycles. The molecule has 0 amide bonds. The molecule has 0 aromatic heterocycles. The summed E-state index contributed by atoms with van der Waals surface area (Å²) >= 11 is 0. The van der Waals surface area contributed by atoms with Crippen molar-refractivity contribution in [1.29, 1.82) is 0 Å². The Morgan fingerprint density at radius 3 is 1.65 bits per heavy atom. The van der Waals surface area contributed by atoms with E-state index in [-0.39, 0.29) is 32.2 Å². The second kappa shape index (κ2) is 19.5. The normalized spacial score (nSPS) is 10.1. The molecule has 0 bridgehead atoms. The van der Waals surface area contributed by atoms with E-state index in [1.165, 1.54) is 19.2 Å². The zero-order valence-corrected chi connectivity index (χ0v) is 26.5. The van der Waals surface area contributed by atoms with Gasteiger partial charge in [0.25, 0.3) is 0 Å². The Kier molecular flexibility index (Phi) is 14.8. The van der Waals surface area contributed by atoms with E-state index in [0.29, 0.717) is 41.6 Å². The summed E-state index contributed by atoms with van der Waals surface area (Å²) in [6, 6.07) is 16.7. The van der Waals surface area contributed by atoms with Crippen LogP contribution in [0.4, 0.5) is 0 Å². The summed E-state index contributed by atoms with van der Waals surface area (Å²) in [5.74, 6) is -0.441. The Hall–Kier alpha value is -6.04. The Morgan fingerprint density at radius 1 is 0.562 bits per heavy atom. The molecule has 252 valence electrons. The summed E-state index contributed by atoms with van der Waals surface area (Å²) in [5, 5.41) is 0. The van der Waals surface area contributed by atoms with E-state index in [2.05, 4.69) is 19.7 Å². The van der Waals surface area contributed by atoms with Gasteiger partial charge in [0.1, 0.15) is 23.0 Å². The molecule has 3 aromatic carbocycles. The van der Waals surface area contributed by atoms with Gasteiger partial charge in [-0.15, -0.1) is 0 Å². The van der Waals surface area contributed by atoms with Crippen LogP contribution in [0.2, 0.25) is 0 Å². The van der Waals surface area contributed by atoms with Crippen molar-refractivity contribution >= 4 is 23.9 Å². The first-order valence-electron chi connectivity index (χ1n) is 14.7. The first kappa shape index (κ1) is 36.4. The van der Waals surface area contributed by atoms with Gasteiger partial charge in [0.05, 0.1) is 33.5 Å². The molecule has 3 aromatic rings. The molecule has 12 heteroatoms. The van der Waals surface area contributed by atoms with Crippen molar-refractivity contribution < 1.29 is 57.1 Å². The van der Waals surface area contributed by atoms with Gasteiger partial charge < -0.3 is 37.9 Å². The number of esters is 4. The second-order valence-electron chi connectivity index (χ2n) is 9.57. The average Bonchev–Trinajstić information content (AvgIpc) is 3.10. The van der Waals surface area contributed by atoms with Crippen LogP contribution in [0, 0.1) is 0 Å². The Morgan fingerprint density at radius 2 is 1.10 bits per heavy atom. The van der Waals surface area contributed by atoms with Crippen molar-refractivity contribution in [2.45, 2.75) is 12.8 Å². The van der Waals surface area contributed by atoms with Crippen LogP contribution in [0.25, 0.3) is 11.1 Å². The molecule has 48 heavy (non-hydrogen) atoms. The van der Waals surface area contributed by atoms with Gasteiger partial charge in [-0.25, -0.2) is 19.2 Å². The fourth-order valence-electron chi connectivity index (χ4n) is 3.87. The predicted molar refractivity (Wildman–Crippen MR) is 174 cm³/mol. The lowest BCUT2D eigenvalue weighted by Crippen LogP contribution is -2.18. The van der Waals surface area contributed by atoms with E-state index in [4.69, 9.17) is 37.9 Å². The maximum absolute atomic E-state index is 12.8. The van der Waals surface area contributed by atoms with E-state index in [1.807, 2.05) is 0 Å². The molecule has 0 fully saturated rings. The highest BCUT2D eigenvalue weighted by Crippen LogP contribution is 2.33. The molecule has 0 aliphatic carbocycles. The van der Waals surface area contributed by atoms with E-state index in [0.717, 1.165) is 29.4 Å². The molecule has 0 aliphatic heterocycles. The number of hydrogen-bond donors (Lipinski definition) is 0. The van der Waals surface area contributed by atoms with E-state index in [1.54, 1.807) is 48.5 Å². The van der Waals surface area contributed by atoms with Crippen molar-refractivity contribution in [2.75, 3.05) is 40.1 Å². The number of hydrogen-bond acceptors (Lipinski definition) is 12. The number of carbonyl (C=O) groups is 4. The second-order valence-corrected chi connectivity index (χ2v) is 9.57. The minimum Gasteiger partial charge on any atom is -0.493 e. The largest absolute Gasteiger partial charge is 0.493 e. The Bertz CT molecular complexity index is 1540. The fourth-order valence-corrected chi connectivity index (χ4v) is 3.87. The minimum absolute atomic E-state index is 0.133. The van der Waals surface area contributed by atoms with Crippen LogP contribution in [0.5, 0.6) is 34.5 Å². The van der Waals surface area contributed by atoms with Crippen molar-refractivity contribution in [1.82, 2.24) is 0 Å². The highest BCUT2D eigenvalue weighted by atomic mass is 16.6. The number of ether oxygens (including phenoxy) is 8. The van der Waals surface area contributed by atoms with Crippen LogP contribution in [0.3, 0.4) is 0 Å². The highest BCUT2D eigenvalue weighted by Gasteiger charge is 2.14. The Balaban J connectivity index is 1.62. The number of methoxy groups -OCH3 is 1. The van der Waals surface area contributed by atoms with Gasteiger partial charge in [-0.05, 0) is 35.4 Å². The van der Waals surface area contributed by atoms with Gasteiger partial charge in [-0.1, -0.05) is 37.9 Å². The summed E-state index contributed by atoms with van der Waals surface area (Å²) in [4.78, 5) is 46.7. The SMILES string of the molecule is C=CC(=O)OCCCOc1cc(OCCCOC(=O)C=C)cc(OC(=O)COc2ccc(-c3ccc(OC(=O)C=C)cc3)cc2OC)c1.